The summed E-state index contributed by atoms with van der Waals surface area (Å²) in [5.74, 6) is -0.0592. The maximum Gasteiger partial charge on any atom is 0.166 e. The number of hydrogen-bond acceptors (Lipinski definition) is 3. The van der Waals surface area contributed by atoms with Crippen LogP contribution in [0.1, 0.15) is 213 Å². The van der Waals surface area contributed by atoms with Gasteiger partial charge in [-0.15, -0.1) is 0 Å². The lowest BCUT2D eigenvalue weighted by Crippen LogP contribution is -2.41. The largest absolute Gasteiger partial charge is 0.365 e. The van der Waals surface area contributed by atoms with Gasteiger partial charge in [-0.05, 0) is 95.4 Å². The van der Waals surface area contributed by atoms with Gasteiger partial charge in [0.2, 0.25) is 0 Å². The van der Waals surface area contributed by atoms with Crippen molar-refractivity contribution in [1.29, 1.82) is 0 Å². The van der Waals surface area contributed by atoms with Crippen LogP contribution in [-0.2, 0) is 4.74 Å². The maximum absolute atomic E-state index is 11.7. The summed E-state index contributed by atoms with van der Waals surface area (Å²) in [4.78, 5) is 2.39. The van der Waals surface area contributed by atoms with E-state index in [-0.39, 0.29) is 11.5 Å². The second-order valence-electron chi connectivity index (χ2n) is 16.7. The lowest BCUT2D eigenvalue weighted by atomic mass is 9.76. The fraction of sp³-hybridized carbons (Fsp3) is 0.870. The minimum Gasteiger partial charge on any atom is -0.365 e. The van der Waals surface area contributed by atoms with Crippen molar-refractivity contribution >= 4 is 0 Å². The van der Waals surface area contributed by atoms with Crippen LogP contribution in [0, 0.1) is 11.3 Å². The molecule has 3 heteroatoms. The zero-order chi connectivity index (χ0) is 35.3. The summed E-state index contributed by atoms with van der Waals surface area (Å²) in [6, 6.07) is 0. The molecule has 1 aliphatic heterocycles. The number of hydrogen-bond donors (Lipinski definition) is 1. The molecule has 49 heavy (non-hydrogen) atoms. The molecule has 0 aromatic carbocycles. The molecule has 1 saturated carbocycles. The number of unbranched alkanes of at least 4 members (excludes halogenated alkanes) is 16. The van der Waals surface area contributed by atoms with E-state index in [1.165, 1.54) is 154 Å². The van der Waals surface area contributed by atoms with Crippen molar-refractivity contribution in [3.8, 4) is 0 Å². The van der Waals surface area contributed by atoms with Crippen molar-refractivity contribution in [2.45, 2.75) is 225 Å². The zero-order valence-corrected chi connectivity index (χ0v) is 33.5. The quantitative estimate of drug-likeness (QED) is 0.0448. The van der Waals surface area contributed by atoms with Gasteiger partial charge in [0.1, 0.15) is 0 Å². The predicted octanol–water partition coefficient (Wildman–Crippen LogP) is 14.1. The van der Waals surface area contributed by atoms with Crippen molar-refractivity contribution in [2.75, 3.05) is 20.1 Å². The predicted molar refractivity (Wildman–Crippen MR) is 216 cm³/mol. The highest BCUT2D eigenvalue weighted by molar-refractivity contribution is 4.95. The molecular weight excluding hydrogens is 599 g/mol. The molecule has 1 heterocycles. The minimum atomic E-state index is -0.888. The third kappa shape index (κ3) is 22.6. The van der Waals surface area contributed by atoms with Crippen LogP contribution in [-0.4, -0.2) is 42.0 Å². The average Bonchev–Trinajstić information content (AvgIpc) is 3.42. The Morgan fingerprint density at radius 1 is 0.653 bits per heavy atom. The van der Waals surface area contributed by atoms with Crippen LogP contribution >= 0.6 is 0 Å². The topological polar surface area (TPSA) is 32.7 Å². The summed E-state index contributed by atoms with van der Waals surface area (Å²) >= 11 is 0. The number of allylic oxidation sites excluding steroid dienone is 6. The maximum atomic E-state index is 11.7. The first kappa shape index (κ1) is 44.3. The lowest BCUT2D eigenvalue weighted by Gasteiger charge is -2.36. The standard InChI is InChI=1S/C46H85NO2/c1-5-7-9-11-12-13-14-15-16-17-18-19-20-22-26-30-36-45(38-39-46(48,42-45)49-44-34-40-47(4)41-35-44)37-31-27-23-21-25-29-33-43(3)32-28-24-10-8-6-2/h12-13,15-16,24,28,43-44,48H,5-11,14,17-23,25-27,29-42H2,1-4H3/b13-12-,16-15-,28-24+. The van der Waals surface area contributed by atoms with Crippen LogP contribution in [0.5, 0.6) is 0 Å². The first-order chi connectivity index (χ1) is 23.9. The Morgan fingerprint density at radius 3 is 1.82 bits per heavy atom. The van der Waals surface area contributed by atoms with E-state index in [0.29, 0.717) is 0 Å². The molecule has 3 nitrogen and oxygen atoms in total. The molecule has 0 aromatic rings. The number of ether oxygens (including phenoxy) is 1. The highest BCUT2D eigenvalue weighted by atomic mass is 16.6. The Hall–Kier alpha value is -0.900. The van der Waals surface area contributed by atoms with Gasteiger partial charge in [0.05, 0.1) is 6.10 Å². The molecule has 1 N–H and O–H groups in total. The van der Waals surface area contributed by atoms with Gasteiger partial charge in [-0.25, -0.2) is 0 Å². The second kappa shape index (κ2) is 28.7. The van der Waals surface area contributed by atoms with E-state index in [1.807, 2.05) is 0 Å². The van der Waals surface area contributed by atoms with Crippen LogP contribution in [0.25, 0.3) is 0 Å². The molecule has 1 saturated heterocycles. The molecule has 1 aliphatic carbocycles. The third-order valence-corrected chi connectivity index (χ3v) is 11.7. The molecule has 0 spiro atoms. The minimum absolute atomic E-state index is 0.235. The van der Waals surface area contributed by atoms with Crippen LogP contribution in [0.15, 0.2) is 36.5 Å². The molecule has 2 rings (SSSR count). The number of rotatable bonds is 31. The van der Waals surface area contributed by atoms with Gasteiger partial charge in [-0.1, -0.05) is 160 Å². The summed E-state index contributed by atoms with van der Waals surface area (Å²) < 4.78 is 6.52. The van der Waals surface area contributed by atoms with E-state index < -0.39 is 5.79 Å². The SMILES string of the molecule is CCCC/C=C/CC(C)CCCCCCCCC1(CCCCCCCC/C=C\C/C=C\CCCCC)CCC(O)(OC2CCN(C)CC2)C1. The van der Waals surface area contributed by atoms with Crippen molar-refractivity contribution in [1.82, 2.24) is 4.90 Å². The Labute approximate surface area is 307 Å². The van der Waals surface area contributed by atoms with Gasteiger partial charge >= 0.3 is 0 Å². The molecule has 3 unspecified atom stereocenters. The van der Waals surface area contributed by atoms with Crippen LogP contribution < -0.4 is 0 Å². The Kier molecular flexibility index (Phi) is 25.9. The highest BCUT2D eigenvalue weighted by Crippen LogP contribution is 2.52. The number of likely N-dealkylation sites (tertiary alicyclic amines) is 1. The molecule has 0 radical (unpaired) electrons. The van der Waals surface area contributed by atoms with E-state index in [4.69, 9.17) is 4.74 Å². The summed E-state index contributed by atoms with van der Waals surface area (Å²) in [5, 5.41) is 11.7. The average molecular weight is 684 g/mol. The van der Waals surface area contributed by atoms with Gasteiger partial charge in [-0.3, -0.25) is 0 Å². The third-order valence-electron chi connectivity index (χ3n) is 11.7. The van der Waals surface area contributed by atoms with E-state index >= 15 is 0 Å². The fourth-order valence-corrected chi connectivity index (χ4v) is 8.36. The van der Waals surface area contributed by atoms with Crippen molar-refractivity contribution in [3.63, 3.8) is 0 Å². The van der Waals surface area contributed by atoms with Crippen LogP contribution in [0.3, 0.4) is 0 Å². The molecule has 0 amide bonds. The van der Waals surface area contributed by atoms with Crippen LogP contribution in [0.4, 0.5) is 0 Å². The zero-order valence-electron chi connectivity index (χ0n) is 33.5. The normalized spacial score (nSPS) is 23.2. The Morgan fingerprint density at radius 2 is 1.18 bits per heavy atom. The van der Waals surface area contributed by atoms with Gasteiger partial charge in [-0.2, -0.15) is 0 Å². The van der Waals surface area contributed by atoms with Gasteiger partial charge in [0, 0.05) is 25.9 Å². The number of piperidine rings is 1. The first-order valence-electron chi connectivity index (χ1n) is 21.9. The molecule has 0 aromatic heterocycles. The highest BCUT2D eigenvalue weighted by Gasteiger charge is 2.48. The molecule has 3 atom stereocenters. The number of nitrogens with zero attached hydrogens (tertiary/aromatic N) is 1. The van der Waals surface area contributed by atoms with E-state index in [0.717, 1.165) is 57.5 Å². The Bertz CT molecular complexity index is 842. The summed E-state index contributed by atoms with van der Waals surface area (Å²) in [7, 11) is 2.20. The second-order valence-corrected chi connectivity index (χ2v) is 16.7. The molecule has 2 aliphatic rings. The lowest BCUT2D eigenvalue weighted by molar-refractivity contribution is -0.236. The van der Waals surface area contributed by atoms with Gasteiger partial charge < -0.3 is 14.7 Å². The summed E-state index contributed by atoms with van der Waals surface area (Å²) in [6.07, 6.45) is 52.5. The smallest absolute Gasteiger partial charge is 0.166 e. The Balaban J connectivity index is 1.64. The van der Waals surface area contributed by atoms with Crippen molar-refractivity contribution in [2.24, 2.45) is 11.3 Å². The fourth-order valence-electron chi connectivity index (χ4n) is 8.36. The van der Waals surface area contributed by atoms with E-state index in [2.05, 4.69) is 69.2 Å². The molecule has 0 bridgehead atoms. The van der Waals surface area contributed by atoms with Gasteiger partial charge in [0.15, 0.2) is 5.79 Å². The molecule has 2 fully saturated rings. The molecule has 286 valence electrons. The van der Waals surface area contributed by atoms with E-state index in [1.54, 1.807) is 0 Å². The van der Waals surface area contributed by atoms with Crippen LogP contribution in [0.2, 0.25) is 0 Å². The van der Waals surface area contributed by atoms with Crippen molar-refractivity contribution < 1.29 is 9.84 Å². The summed E-state index contributed by atoms with van der Waals surface area (Å²) in [5.41, 5.74) is 0.287. The van der Waals surface area contributed by atoms with E-state index in [9.17, 15) is 5.11 Å². The summed E-state index contributed by atoms with van der Waals surface area (Å²) in [6.45, 7) is 9.15. The number of aliphatic hydroxyl groups is 1. The van der Waals surface area contributed by atoms with Gasteiger partial charge in [0.25, 0.3) is 0 Å². The molecular formula is C46H85NO2. The monoisotopic (exact) mass is 684 g/mol. The first-order valence-corrected chi connectivity index (χ1v) is 21.9. The van der Waals surface area contributed by atoms with Crippen molar-refractivity contribution in [3.05, 3.63) is 36.5 Å².